The normalized spacial score (nSPS) is 12.1. The molecule has 84 valence electrons. The summed E-state index contributed by atoms with van der Waals surface area (Å²) in [6.07, 6.45) is 1.68. The van der Waals surface area contributed by atoms with Gasteiger partial charge in [-0.15, -0.1) is 0 Å². The summed E-state index contributed by atoms with van der Waals surface area (Å²) in [7, 11) is 1.04. The van der Waals surface area contributed by atoms with Gasteiger partial charge >= 0.3 is 0 Å². The maximum atomic E-state index is 11.2. The third kappa shape index (κ3) is 4.24. The smallest absolute Gasteiger partial charge is 0.224 e. The zero-order chi connectivity index (χ0) is 11.1. The van der Waals surface area contributed by atoms with Crippen LogP contribution in [-0.4, -0.2) is 39.3 Å². The maximum absolute atomic E-state index is 11.2. The van der Waals surface area contributed by atoms with Crippen LogP contribution >= 0.6 is 0 Å². The molecule has 15 heavy (non-hydrogen) atoms. The number of anilines is 2. The van der Waals surface area contributed by atoms with Crippen molar-refractivity contribution < 1.29 is 4.21 Å². The molecule has 1 rings (SSSR count). The van der Waals surface area contributed by atoms with Gasteiger partial charge in [-0.3, -0.25) is 4.21 Å². The molecule has 1 aromatic rings. The van der Waals surface area contributed by atoms with Gasteiger partial charge in [-0.25, -0.2) is 4.98 Å². The Hall–Kier alpha value is -1.17. The first kappa shape index (κ1) is 11.9. The monoisotopic (exact) mass is 228 g/mol. The number of aromatic nitrogens is 2. The summed E-state index contributed by atoms with van der Waals surface area (Å²) in [4.78, 5) is 8.18. The minimum absolute atomic E-state index is 0.580. The molecule has 0 radical (unpaired) electrons. The van der Waals surface area contributed by atoms with Gasteiger partial charge in [0, 0.05) is 42.1 Å². The van der Waals surface area contributed by atoms with E-state index in [1.807, 2.05) is 6.92 Å². The lowest BCUT2D eigenvalue weighted by molar-refractivity contribution is 0.684. The van der Waals surface area contributed by atoms with E-state index in [2.05, 4.69) is 20.6 Å². The van der Waals surface area contributed by atoms with Gasteiger partial charge in [-0.2, -0.15) is 4.98 Å². The van der Waals surface area contributed by atoms with Crippen molar-refractivity contribution in [1.82, 2.24) is 9.97 Å². The maximum Gasteiger partial charge on any atom is 0.224 e. The first-order valence-electron chi connectivity index (χ1n) is 4.86. The van der Waals surface area contributed by atoms with Gasteiger partial charge < -0.3 is 10.6 Å². The zero-order valence-electron chi connectivity index (χ0n) is 8.99. The van der Waals surface area contributed by atoms with Crippen molar-refractivity contribution in [2.75, 3.05) is 35.7 Å². The van der Waals surface area contributed by atoms with Crippen LogP contribution in [-0.2, 0) is 10.8 Å². The Morgan fingerprint density at radius 2 is 2.33 bits per heavy atom. The first-order chi connectivity index (χ1) is 7.26. The van der Waals surface area contributed by atoms with Gasteiger partial charge in [0.25, 0.3) is 0 Å². The van der Waals surface area contributed by atoms with E-state index in [-0.39, 0.29) is 0 Å². The SMILES string of the molecule is CCS(=O)CCNc1ccnc(NC)n1. The molecule has 1 atom stereocenters. The molecule has 0 saturated carbocycles. The third-order valence-electron chi connectivity index (χ3n) is 1.84. The Morgan fingerprint density at radius 1 is 1.53 bits per heavy atom. The summed E-state index contributed by atoms with van der Waals surface area (Å²) in [5.41, 5.74) is 0. The second kappa shape index (κ2) is 6.34. The van der Waals surface area contributed by atoms with E-state index in [0.29, 0.717) is 24.0 Å². The van der Waals surface area contributed by atoms with E-state index in [0.717, 1.165) is 5.82 Å². The number of nitrogens with zero attached hydrogens (tertiary/aromatic N) is 2. The summed E-state index contributed by atoms with van der Waals surface area (Å²) in [6, 6.07) is 1.79. The highest BCUT2D eigenvalue weighted by Crippen LogP contribution is 2.03. The zero-order valence-corrected chi connectivity index (χ0v) is 9.80. The van der Waals surface area contributed by atoms with E-state index in [4.69, 9.17) is 0 Å². The Bertz CT molecular complexity index is 332. The average Bonchev–Trinajstić information content (AvgIpc) is 2.29. The fourth-order valence-corrected chi connectivity index (χ4v) is 1.63. The van der Waals surface area contributed by atoms with Gasteiger partial charge in [0.05, 0.1) is 0 Å². The molecule has 1 heterocycles. The fourth-order valence-electron chi connectivity index (χ4n) is 1.01. The second-order valence-electron chi connectivity index (χ2n) is 2.87. The molecule has 0 aliphatic heterocycles. The molecular weight excluding hydrogens is 212 g/mol. The molecule has 0 fully saturated rings. The molecule has 2 N–H and O–H groups in total. The number of rotatable bonds is 6. The van der Waals surface area contributed by atoms with Crippen LogP contribution in [0.15, 0.2) is 12.3 Å². The van der Waals surface area contributed by atoms with E-state index in [1.54, 1.807) is 19.3 Å². The molecule has 1 unspecified atom stereocenters. The lowest BCUT2D eigenvalue weighted by Crippen LogP contribution is -2.13. The molecule has 0 aliphatic rings. The van der Waals surface area contributed by atoms with Gasteiger partial charge in [-0.1, -0.05) is 6.92 Å². The molecule has 6 heteroatoms. The Kier molecular flexibility index (Phi) is 5.03. The van der Waals surface area contributed by atoms with Crippen LogP contribution in [0.2, 0.25) is 0 Å². The van der Waals surface area contributed by atoms with Gasteiger partial charge in [0.2, 0.25) is 5.95 Å². The van der Waals surface area contributed by atoms with Crippen molar-refractivity contribution in [2.45, 2.75) is 6.92 Å². The molecule has 0 amide bonds. The summed E-state index contributed by atoms with van der Waals surface area (Å²) < 4.78 is 11.2. The topological polar surface area (TPSA) is 66.9 Å². The number of hydrogen-bond donors (Lipinski definition) is 2. The van der Waals surface area contributed by atoms with Gasteiger partial charge in [0.1, 0.15) is 5.82 Å². The first-order valence-corrected chi connectivity index (χ1v) is 6.34. The van der Waals surface area contributed by atoms with Crippen LogP contribution in [0.5, 0.6) is 0 Å². The van der Waals surface area contributed by atoms with Gasteiger partial charge in [0.15, 0.2) is 0 Å². The standard InChI is InChI=1S/C9H16N4OS/c1-3-15(14)7-6-11-8-4-5-12-9(10-2)13-8/h4-5H,3,6-7H2,1-2H3,(H2,10,11,12,13). The fraction of sp³-hybridized carbons (Fsp3) is 0.556. The van der Waals surface area contributed by atoms with Crippen LogP contribution in [0.4, 0.5) is 11.8 Å². The van der Waals surface area contributed by atoms with E-state index < -0.39 is 10.8 Å². The molecular formula is C9H16N4OS. The van der Waals surface area contributed by atoms with Crippen molar-refractivity contribution in [2.24, 2.45) is 0 Å². The van der Waals surface area contributed by atoms with Crippen molar-refractivity contribution in [3.05, 3.63) is 12.3 Å². The highest BCUT2D eigenvalue weighted by atomic mass is 32.2. The highest BCUT2D eigenvalue weighted by Gasteiger charge is 1.98. The summed E-state index contributed by atoms with van der Waals surface area (Å²) in [5.74, 6) is 2.68. The predicted octanol–water partition coefficient (Wildman–Crippen LogP) is 0.699. The molecule has 5 nitrogen and oxygen atoms in total. The summed E-state index contributed by atoms with van der Waals surface area (Å²) in [6.45, 7) is 2.58. The van der Waals surface area contributed by atoms with Crippen molar-refractivity contribution >= 4 is 22.6 Å². The highest BCUT2D eigenvalue weighted by molar-refractivity contribution is 7.84. The van der Waals surface area contributed by atoms with Crippen LogP contribution < -0.4 is 10.6 Å². The largest absolute Gasteiger partial charge is 0.369 e. The van der Waals surface area contributed by atoms with Crippen LogP contribution in [0, 0.1) is 0 Å². The molecule has 0 aromatic carbocycles. The van der Waals surface area contributed by atoms with Crippen LogP contribution in [0.25, 0.3) is 0 Å². The minimum atomic E-state index is -0.729. The Morgan fingerprint density at radius 3 is 3.00 bits per heavy atom. The lowest BCUT2D eigenvalue weighted by Gasteiger charge is -2.05. The molecule has 0 aliphatic carbocycles. The van der Waals surface area contributed by atoms with Crippen molar-refractivity contribution in [1.29, 1.82) is 0 Å². The third-order valence-corrected chi connectivity index (χ3v) is 3.14. The molecule has 0 saturated heterocycles. The molecule has 0 bridgehead atoms. The number of nitrogens with one attached hydrogen (secondary N) is 2. The Labute approximate surface area is 92.2 Å². The van der Waals surface area contributed by atoms with E-state index in [1.165, 1.54) is 0 Å². The van der Waals surface area contributed by atoms with Crippen LogP contribution in [0.1, 0.15) is 6.92 Å². The van der Waals surface area contributed by atoms with E-state index >= 15 is 0 Å². The predicted molar refractivity (Wildman–Crippen MR) is 63.6 cm³/mol. The summed E-state index contributed by atoms with van der Waals surface area (Å²) >= 11 is 0. The van der Waals surface area contributed by atoms with Crippen molar-refractivity contribution in [3.63, 3.8) is 0 Å². The van der Waals surface area contributed by atoms with Crippen LogP contribution in [0.3, 0.4) is 0 Å². The second-order valence-corrected chi connectivity index (χ2v) is 4.74. The van der Waals surface area contributed by atoms with E-state index in [9.17, 15) is 4.21 Å². The number of hydrogen-bond acceptors (Lipinski definition) is 5. The average molecular weight is 228 g/mol. The lowest BCUT2D eigenvalue weighted by atomic mass is 10.5. The molecule has 0 spiro atoms. The quantitative estimate of drug-likeness (QED) is 0.750. The Balaban J connectivity index is 2.40. The minimum Gasteiger partial charge on any atom is -0.369 e. The molecule has 1 aromatic heterocycles. The van der Waals surface area contributed by atoms with Gasteiger partial charge in [-0.05, 0) is 6.07 Å². The van der Waals surface area contributed by atoms with Crippen molar-refractivity contribution in [3.8, 4) is 0 Å². The summed E-state index contributed by atoms with van der Waals surface area (Å²) in [5, 5.41) is 5.96.